The summed E-state index contributed by atoms with van der Waals surface area (Å²) in [5.41, 5.74) is 0.910. The third-order valence-electron chi connectivity index (χ3n) is 5.26. The summed E-state index contributed by atoms with van der Waals surface area (Å²) in [7, 11) is 0. The van der Waals surface area contributed by atoms with Crippen LogP contribution in [0.2, 0.25) is 10.0 Å². The van der Waals surface area contributed by atoms with Gasteiger partial charge in [0.2, 0.25) is 17.4 Å². The van der Waals surface area contributed by atoms with E-state index in [9.17, 15) is 20.0 Å². The second-order valence-corrected chi connectivity index (χ2v) is 9.29. The lowest BCUT2D eigenvalue weighted by atomic mass is 9.95. The molecule has 7 nitrogen and oxygen atoms in total. The van der Waals surface area contributed by atoms with Gasteiger partial charge >= 0.3 is 0 Å². The zero-order valence-electron chi connectivity index (χ0n) is 18.9. The molecule has 0 spiro atoms. The molecule has 0 unspecified atom stereocenters. The molecule has 2 heterocycles. The van der Waals surface area contributed by atoms with E-state index in [1.807, 2.05) is 0 Å². The lowest BCUT2D eigenvalue weighted by molar-refractivity contribution is -0.114. The highest BCUT2D eigenvalue weighted by atomic mass is 35.5. The topological polar surface area (TPSA) is 116 Å². The molecular weight excluding hydrogens is 489 g/mol. The van der Waals surface area contributed by atoms with Crippen molar-refractivity contribution in [3.8, 4) is 28.5 Å². The summed E-state index contributed by atoms with van der Waals surface area (Å²) in [5, 5.41) is 23.9. The molecule has 9 heteroatoms. The van der Waals surface area contributed by atoms with Crippen molar-refractivity contribution in [2.75, 3.05) is 5.32 Å². The van der Waals surface area contributed by atoms with Crippen molar-refractivity contribution >= 4 is 51.7 Å². The number of rotatable bonds is 5. The third kappa shape index (κ3) is 4.77. The highest BCUT2D eigenvalue weighted by molar-refractivity contribution is 6.31. The molecule has 0 fully saturated rings. The van der Waals surface area contributed by atoms with Crippen molar-refractivity contribution in [2.24, 2.45) is 0 Å². The van der Waals surface area contributed by atoms with E-state index in [1.165, 1.54) is 26.8 Å². The van der Waals surface area contributed by atoms with Crippen LogP contribution >= 0.6 is 23.2 Å². The van der Waals surface area contributed by atoms with E-state index in [0.717, 1.165) is 5.56 Å². The molecule has 0 radical (unpaired) electrons. The first-order chi connectivity index (χ1) is 16.5. The molecule has 4 rings (SSSR count). The maximum Gasteiger partial charge on any atom is 0.231 e. The minimum absolute atomic E-state index is 0.0490. The highest BCUT2D eigenvalue weighted by Gasteiger charge is 2.33. The molecule has 0 bridgehead atoms. The van der Waals surface area contributed by atoms with Crippen LogP contribution in [0, 0.1) is 11.3 Å². The van der Waals surface area contributed by atoms with E-state index >= 15 is 0 Å². The maximum atomic E-state index is 12.9. The quantitative estimate of drug-likeness (QED) is 0.308. The molecule has 0 saturated heterocycles. The number of carbonyl (C=O) groups is 2. The van der Waals surface area contributed by atoms with E-state index in [2.05, 4.69) is 16.4 Å². The molecule has 4 aromatic rings. The van der Waals surface area contributed by atoms with Crippen LogP contribution in [-0.4, -0.2) is 27.4 Å². The SMILES string of the molecule is CC(=O)Nc1c(C(=O)C(C)(C)O)oc2nc(-c3ccc(Cl)cc3C#N)c(-c3ccc(Cl)cc3)cc12. The second-order valence-electron chi connectivity index (χ2n) is 8.42. The number of hydrogen-bond acceptors (Lipinski definition) is 6. The fourth-order valence-electron chi connectivity index (χ4n) is 3.63. The lowest BCUT2D eigenvalue weighted by Crippen LogP contribution is -2.31. The monoisotopic (exact) mass is 507 g/mol. The first-order valence-electron chi connectivity index (χ1n) is 10.5. The Kier molecular flexibility index (Phi) is 6.39. The lowest BCUT2D eigenvalue weighted by Gasteiger charge is -2.14. The number of benzene rings is 2. The maximum absolute atomic E-state index is 12.9. The number of Topliss-reactive ketones (excluding diaryl/α,β-unsaturated/α-hetero) is 1. The molecule has 0 aliphatic carbocycles. The number of fused-ring (bicyclic) bond motifs is 1. The van der Waals surface area contributed by atoms with Gasteiger partial charge in [0.25, 0.3) is 0 Å². The Balaban J connectivity index is 2.10. The predicted molar refractivity (Wildman–Crippen MR) is 135 cm³/mol. The van der Waals surface area contributed by atoms with Crippen molar-refractivity contribution in [2.45, 2.75) is 26.4 Å². The fraction of sp³-hybridized carbons (Fsp3) is 0.154. The summed E-state index contributed by atoms with van der Waals surface area (Å²) >= 11 is 12.2. The van der Waals surface area contributed by atoms with Crippen LogP contribution in [0.5, 0.6) is 0 Å². The van der Waals surface area contributed by atoms with Crippen molar-refractivity contribution in [3.05, 3.63) is 69.9 Å². The number of nitrogens with zero attached hydrogens (tertiary/aromatic N) is 2. The number of hydrogen-bond donors (Lipinski definition) is 2. The van der Waals surface area contributed by atoms with Gasteiger partial charge in [0.05, 0.1) is 22.7 Å². The van der Waals surface area contributed by atoms with Gasteiger partial charge in [0, 0.05) is 28.1 Å². The molecule has 2 aromatic carbocycles. The summed E-state index contributed by atoms with van der Waals surface area (Å²) in [6.07, 6.45) is 0. The van der Waals surface area contributed by atoms with Gasteiger partial charge in [0.15, 0.2) is 5.76 Å². The Morgan fingerprint density at radius 3 is 2.31 bits per heavy atom. The summed E-state index contributed by atoms with van der Waals surface area (Å²) < 4.78 is 5.79. The molecule has 0 saturated carbocycles. The smallest absolute Gasteiger partial charge is 0.231 e. The number of ketones is 1. The fourth-order valence-corrected chi connectivity index (χ4v) is 3.93. The average molecular weight is 508 g/mol. The molecule has 35 heavy (non-hydrogen) atoms. The molecule has 176 valence electrons. The van der Waals surface area contributed by atoms with E-state index in [4.69, 9.17) is 27.6 Å². The zero-order valence-corrected chi connectivity index (χ0v) is 20.5. The summed E-state index contributed by atoms with van der Waals surface area (Å²) in [4.78, 5) is 29.6. The highest BCUT2D eigenvalue weighted by Crippen LogP contribution is 2.40. The summed E-state index contributed by atoms with van der Waals surface area (Å²) in [5.74, 6) is -1.39. The Morgan fingerprint density at radius 2 is 1.71 bits per heavy atom. The van der Waals surface area contributed by atoms with Crippen LogP contribution in [0.25, 0.3) is 33.5 Å². The van der Waals surface area contributed by atoms with Crippen LogP contribution < -0.4 is 5.32 Å². The van der Waals surface area contributed by atoms with Gasteiger partial charge in [-0.25, -0.2) is 4.98 Å². The number of amides is 1. The normalized spacial score (nSPS) is 11.3. The van der Waals surface area contributed by atoms with Crippen molar-refractivity contribution < 1.29 is 19.1 Å². The third-order valence-corrected chi connectivity index (χ3v) is 5.75. The first kappa shape index (κ1) is 24.4. The number of nitrogens with one attached hydrogen (secondary N) is 1. The van der Waals surface area contributed by atoms with Gasteiger partial charge in [-0.2, -0.15) is 5.26 Å². The van der Waals surface area contributed by atoms with E-state index < -0.39 is 17.3 Å². The summed E-state index contributed by atoms with van der Waals surface area (Å²) in [6.45, 7) is 3.95. The molecule has 1 amide bonds. The molecule has 0 aliphatic heterocycles. The Hall–Kier alpha value is -3.70. The van der Waals surface area contributed by atoms with Crippen molar-refractivity contribution in [1.82, 2.24) is 4.98 Å². The minimum atomic E-state index is -1.76. The Bertz CT molecular complexity index is 1530. The Morgan fingerprint density at radius 1 is 1.06 bits per heavy atom. The average Bonchev–Trinajstić information content (AvgIpc) is 3.14. The van der Waals surface area contributed by atoms with Gasteiger partial charge in [-0.15, -0.1) is 0 Å². The van der Waals surface area contributed by atoms with Crippen molar-refractivity contribution in [1.29, 1.82) is 5.26 Å². The molecule has 2 aromatic heterocycles. The second kappa shape index (κ2) is 9.16. The zero-order chi connectivity index (χ0) is 25.5. The summed E-state index contributed by atoms with van der Waals surface area (Å²) in [6, 6.07) is 15.7. The van der Waals surface area contributed by atoms with Crippen LogP contribution in [-0.2, 0) is 4.79 Å². The largest absolute Gasteiger partial charge is 0.432 e. The van der Waals surface area contributed by atoms with Gasteiger partial charge in [-0.05, 0) is 55.8 Å². The first-order valence-corrected chi connectivity index (χ1v) is 11.2. The van der Waals surface area contributed by atoms with Crippen LogP contribution in [0.15, 0.2) is 52.9 Å². The molecular formula is C26H19Cl2N3O4. The number of aromatic nitrogens is 1. The van der Waals surface area contributed by atoms with Crippen molar-refractivity contribution in [3.63, 3.8) is 0 Å². The minimum Gasteiger partial charge on any atom is -0.432 e. The number of aliphatic hydroxyl groups is 1. The number of furan rings is 1. The predicted octanol–water partition coefficient (Wildman–Crippen LogP) is 6.25. The van der Waals surface area contributed by atoms with E-state index in [0.29, 0.717) is 37.8 Å². The Labute approximate surface area is 210 Å². The molecule has 2 N–H and O–H groups in total. The number of anilines is 1. The van der Waals surface area contributed by atoms with Crippen LogP contribution in [0.3, 0.4) is 0 Å². The molecule has 0 aliphatic rings. The van der Waals surface area contributed by atoms with Crippen LogP contribution in [0.4, 0.5) is 5.69 Å². The van der Waals surface area contributed by atoms with Gasteiger partial charge in [-0.1, -0.05) is 35.3 Å². The number of carbonyl (C=O) groups excluding carboxylic acids is 2. The number of pyridine rings is 1. The van der Waals surface area contributed by atoms with Gasteiger partial charge in [-0.3, -0.25) is 9.59 Å². The number of halogens is 2. The van der Waals surface area contributed by atoms with E-state index in [-0.39, 0.29) is 17.2 Å². The van der Waals surface area contributed by atoms with Gasteiger partial charge < -0.3 is 14.8 Å². The van der Waals surface area contributed by atoms with E-state index in [1.54, 1.807) is 42.5 Å². The molecule has 0 atom stereocenters. The van der Waals surface area contributed by atoms with Gasteiger partial charge in [0.1, 0.15) is 11.3 Å². The van der Waals surface area contributed by atoms with Crippen LogP contribution in [0.1, 0.15) is 36.9 Å². The number of nitriles is 1. The standard InChI is InChI=1S/C26H19Cl2N3O4/c1-13(32)30-22-20-11-19(14-4-6-16(27)7-5-14)21(18-9-8-17(28)10-15(18)12-29)31-25(20)35-23(22)24(33)26(2,3)34/h4-11,34H,1-3H3,(H,30,32).